The van der Waals surface area contributed by atoms with Gasteiger partial charge in [-0.1, -0.05) is 24.3 Å². The van der Waals surface area contributed by atoms with Crippen LogP contribution in [0.5, 0.6) is 17.2 Å². The highest BCUT2D eigenvalue weighted by Gasteiger charge is 2.39. The largest absolute Gasteiger partial charge is 0.504 e. The number of ether oxygens (including phenoxy) is 3. The molecule has 1 aliphatic heterocycles. The summed E-state index contributed by atoms with van der Waals surface area (Å²) in [5.41, 5.74) is 3.19. The number of para-hydroxylation sites is 1. The molecule has 2 N–H and O–H groups in total. The van der Waals surface area contributed by atoms with Crippen molar-refractivity contribution in [2.75, 3.05) is 32.8 Å². The number of hydrogen-bond donors (Lipinski definition) is 2. The molecular weight excluding hydrogens is 342 g/mol. The SMILES string of the molecule is COCCOc1ccc2c(c1)C1C=CCC1C(c1cccc(OC)c1O)N2. The molecular formula is C22H25NO4. The number of phenolic OH excluding ortho intramolecular Hbond substituents is 1. The van der Waals surface area contributed by atoms with Gasteiger partial charge in [0.05, 0.1) is 19.8 Å². The molecule has 0 fully saturated rings. The normalized spacial score (nSPS) is 22.7. The molecule has 1 heterocycles. The Hall–Kier alpha value is -2.66. The van der Waals surface area contributed by atoms with Gasteiger partial charge in [0.15, 0.2) is 11.5 Å². The smallest absolute Gasteiger partial charge is 0.163 e. The maximum absolute atomic E-state index is 10.7. The molecule has 0 bridgehead atoms. The lowest BCUT2D eigenvalue weighted by molar-refractivity contribution is 0.146. The number of anilines is 1. The van der Waals surface area contributed by atoms with Gasteiger partial charge in [-0.25, -0.2) is 0 Å². The van der Waals surface area contributed by atoms with E-state index in [-0.39, 0.29) is 11.8 Å². The summed E-state index contributed by atoms with van der Waals surface area (Å²) in [4.78, 5) is 0. The fourth-order valence-corrected chi connectivity index (χ4v) is 4.17. The first kappa shape index (κ1) is 17.7. The molecule has 5 nitrogen and oxygen atoms in total. The molecule has 27 heavy (non-hydrogen) atoms. The first-order chi connectivity index (χ1) is 13.2. The third kappa shape index (κ3) is 3.23. The van der Waals surface area contributed by atoms with Gasteiger partial charge in [0.25, 0.3) is 0 Å². The zero-order valence-corrected chi connectivity index (χ0v) is 15.6. The fourth-order valence-electron chi connectivity index (χ4n) is 4.17. The average Bonchev–Trinajstić information content (AvgIpc) is 3.18. The monoisotopic (exact) mass is 367 g/mol. The van der Waals surface area contributed by atoms with E-state index in [1.165, 1.54) is 5.56 Å². The summed E-state index contributed by atoms with van der Waals surface area (Å²) in [6.07, 6.45) is 5.47. The van der Waals surface area contributed by atoms with Gasteiger partial charge in [0.2, 0.25) is 0 Å². The third-order valence-corrected chi connectivity index (χ3v) is 5.48. The molecule has 0 saturated heterocycles. The summed E-state index contributed by atoms with van der Waals surface area (Å²) in [6.45, 7) is 1.10. The molecule has 5 heteroatoms. The van der Waals surface area contributed by atoms with E-state index in [1.807, 2.05) is 18.2 Å². The molecule has 1 aliphatic carbocycles. The second-order valence-corrected chi connectivity index (χ2v) is 6.96. The van der Waals surface area contributed by atoms with Crippen molar-refractivity contribution in [3.05, 3.63) is 59.7 Å². The molecule has 0 amide bonds. The number of aromatic hydroxyl groups is 1. The first-order valence-electron chi connectivity index (χ1n) is 9.27. The van der Waals surface area contributed by atoms with E-state index in [9.17, 15) is 5.11 Å². The van der Waals surface area contributed by atoms with Crippen LogP contribution in [0.1, 0.15) is 29.5 Å². The summed E-state index contributed by atoms with van der Waals surface area (Å²) in [5, 5.41) is 14.3. The van der Waals surface area contributed by atoms with E-state index in [0.29, 0.717) is 30.8 Å². The van der Waals surface area contributed by atoms with Crippen LogP contribution in [-0.2, 0) is 4.74 Å². The first-order valence-corrected chi connectivity index (χ1v) is 9.27. The Kier molecular flexibility index (Phi) is 4.94. The standard InChI is InChI=1S/C22H25NO4/c1-25-11-12-27-14-9-10-19-18(13-14)15-5-3-6-16(15)21(23-19)17-7-4-8-20(26-2)22(17)24/h3-5,7-10,13,15-16,21,23-24H,6,11-12H2,1-2H3. The summed E-state index contributed by atoms with van der Waals surface area (Å²) in [6, 6.07) is 11.9. The second kappa shape index (κ2) is 7.53. The highest BCUT2D eigenvalue weighted by Crippen LogP contribution is 2.52. The van der Waals surface area contributed by atoms with Crippen molar-refractivity contribution in [1.82, 2.24) is 0 Å². The van der Waals surface area contributed by atoms with Crippen LogP contribution in [0, 0.1) is 5.92 Å². The van der Waals surface area contributed by atoms with Gasteiger partial charge in [-0.3, -0.25) is 0 Å². The van der Waals surface area contributed by atoms with Crippen molar-refractivity contribution in [2.24, 2.45) is 5.92 Å². The van der Waals surface area contributed by atoms with Crippen LogP contribution in [-0.4, -0.2) is 32.5 Å². The predicted octanol–water partition coefficient (Wildman–Crippen LogP) is 4.25. The van der Waals surface area contributed by atoms with E-state index in [1.54, 1.807) is 20.3 Å². The minimum Gasteiger partial charge on any atom is -0.504 e. The van der Waals surface area contributed by atoms with Crippen LogP contribution in [0.4, 0.5) is 5.69 Å². The van der Waals surface area contributed by atoms with Gasteiger partial charge in [-0.05, 0) is 42.2 Å². The van der Waals surface area contributed by atoms with Crippen LogP contribution in [0.15, 0.2) is 48.6 Å². The molecule has 4 rings (SSSR count). The van der Waals surface area contributed by atoms with Gasteiger partial charge in [-0.15, -0.1) is 0 Å². The Labute approximate surface area is 159 Å². The van der Waals surface area contributed by atoms with E-state index >= 15 is 0 Å². The van der Waals surface area contributed by atoms with Crippen LogP contribution in [0.25, 0.3) is 0 Å². The quantitative estimate of drug-likeness (QED) is 0.590. The molecule has 0 spiro atoms. The van der Waals surface area contributed by atoms with Gasteiger partial charge in [-0.2, -0.15) is 0 Å². The average molecular weight is 367 g/mol. The number of nitrogens with one attached hydrogen (secondary N) is 1. The molecule has 0 saturated carbocycles. The summed E-state index contributed by atoms with van der Waals surface area (Å²) in [5.74, 6) is 2.21. The van der Waals surface area contributed by atoms with Crippen LogP contribution >= 0.6 is 0 Å². The molecule has 3 atom stereocenters. The van der Waals surface area contributed by atoms with E-state index < -0.39 is 0 Å². The molecule has 3 unspecified atom stereocenters. The van der Waals surface area contributed by atoms with Crippen molar-refractivity contribution in [3.63, 3.8) is 0 Å². The van der Waals surface area contributed by atoms with Gasteiger partial charge in [0.1, 0.15) is 12.4 Å². The topological polar surface area (TPSA) is 60.0 Å². The zero-order chi connectivity index (χ0) is 18.8. The Balaban J connectivity index is 1.67. The number of methoxy groups -OCH3 is 2. The second-order valence-electron chi connectivity index (χ2n) is 6.96. The highest BCUT2D eigenvalue weighted by molar-refractivity contribution is 5.63. The lowest BCUT2D eigenvalue weighted by Gasteiger charge is -2.38. The molecule has 0 aromatic heterocycles. The third-order valence-electron chi connectivity index (χ3n) is 5.48. The van der Waals surface area contributed by atoms with Crippen LogP contribution in [0.3, 0.4) is 0 Å². The van der Waals surface area contributed by atoms with Gasteiger partial charge < -0.3 is 24.6 Å². The lowest BCUT2D eigenvalue weighted by Crippen LogP contribution is -2.29. The number of hydrogen-bond acceptors (Lipinski definition) is 5. The predicted molar refractivity (Wildman–Crippen MR) is 105 cm³/mol. The fraction of sp³-hybridized carbons (Fsp3) is 0.364. The Morgan fingerprint density at radius 2 is 2.00 bits per heavy atom. The molecule has 2 aliphatic rings. The number of benzene rings is 2. The summed E-state index contributed by atoms with van der Waals surface area (Å²) >= 11 is 0. The van der Waals surface area contributed by atoms with Crippen molar-refractivity contribution in [2.45, 2.75) is 18.4 Å². The maximum Gasteiger partial charge on any atom is 0.163 e. The number of rotatable bonds is 6. The molecule has 2 aromatic carbocycles. The van der Waals surface area contributed by atoms with Crippen molar-refractivity contribution in [3.8, 4) is 17.2 Å². The number of allylic oxidation sites excluding steroid dienone is 2. The van der Waals surface area contributed by atoms with Crippen molar-refractivity contribution >= 4 is 5.69 Å². The summed E-state index contributed by atoms with van der Waals surface area (Å²) in [7, 11) is 3.25. The van der Waals surface area contributed by atoms with E-state index in [4.69, 9.17) is 14.2 Å². The molecule has 0 radical (unpaired) electrons. The summed E-state index contributed by atoms with van der Waals surface area (Å²) < 4.78 is 16.1. The minimum absolute atomic E-state index is 0.0212. The Morgan fingerprint density at radius 3 is 2.81 bits per heavy atom. The van der Waals surface area contributed by atoms with Crippen molar-refractivity contribution in [1.29, 1.82) is 0 Å². The van der Waals surface area contributed by atoms with Crippen molar-refractivity contribution < 1.29 is 19.3 Å². The van der Waals surface area contributed by atoms with E-state index in [0.717, 1.165) is 23.4 Å². The molecule has 142 valence electrons. The van der Waals surface area contributed by atoms with Gasteiger partial charge >= 0.3 is 0 Å². The highest BCUT2D eigenvalue weighted by atomic mass is 16.5. The van der Waals surface area contributed by atoms with E-state index in [2.05, 4.69) is 29.6 Å². The lowest BCUT2D eigenvalue weighted by atomic mass is 9.76. The Morgan fingerprint density at radius 1 is 1.11 bits per heavy atom. The van der Waals surface area contributed by atoms with Crippen LogP contribution in [0.2, 0.25) is 0 Å². The minimum atomic E-state index is 0.0212. The molecule has 2 aromatic rings. The maximum atomic E-state index is 10.7. The van der Waals surface area contributed by atoms with Crippen LogP contribution < -0.4 is 14.8 Å². The van der Waals surface area contributed by atoms with Gasteiger partial charge in [0, 0.05) is 24.3 Å². The zero-order valence-electron chi connectivity index (χ0n) is 15.6. The number of phenols is 1. The Bertz CT molecular complexity index is 848. The number of fused-ring (bicyclic) bond motifs is 3.